The van der Waals surface area contributed by atoms with Gasteiger partial charge >= 0.3 is 0 Å². The second-order valence-electron chi connectivity index (χ2n) is 4.45. The van der Waals surface area contributed by atoms with E-state index in [1.165, 1.54) is 11.3 Å². The molecular formula is C14H15N3O3S. The van der Waals surface area contributed by atoms with Crippen molar-refractivity contribution < 1.29 is 14.3 Å². The van der Waals surface area contributed by atoms with Crippen molar-refractivity contribution >= 4 is 28.1 Å². The maximum Gasteiger partial charge on any atom is 0.206 e. The number of thiazole rings is 1. The van der Waals surface area contributed by atoms with E-state index in [0.29, 0.717) is 40.3 Å². The summed E-state index contributed by atoms with van der Waals surface area (Å²) in [6, 6.07) is 5.13. The second kappa shape index (κ2) is 5.61. The Balaban J connectivity index is 1.91. The van der Waals surface area contributed by atoms with E-state index >= 15 is 0 Å². The molecule has 0 radical (unpaired) electrons. The number of carbonyl (C=O) groups is 1. The fourth-order valence-electron chi connectivity index (χ4n) is 2.04. The summed E-state index contributed by atoms with van der Waals surface area (Å²) in [7, 11) is 0. The first kappa shape index (κ1) is 13.7. The molecule has 0 aliphatic carbocycles. The van der Waals surface area contributed by atoms with Crippen molar-refractivity contribution in [3.8, 4) is 11.5 Å². The van der Waals surface area contributed by atoms with Gasteiger partial charge in [0, 0.05) is 12.1 Å². The van der Waals surface area contributed by atoms with Gasteiger partial charge in [0.25, 0.3) is 0 Å². The Morgan fingerprint density at radius 1 is 1.38 bits per heavy atom. The molecule has 2 heterocycles. The van der Waals surface area contributed by atoms with Crippen molar-refractivity contribution in [2.75, 3.05) is 30.8 Å². The predicted molar refractivity (Wildman–Crippen MR) is 81.6 cm³/mol. The Bertz CT molecular complexity index is 684. The van der Waals surface area contributed by atoms with Gasteiger partial charge in [-0.2, -0.15) is 0 Å². The highest BCUT2D eigenvalue weighted by Crippen LogP contribution is 2.33. The zero-order valence-corrected chi connectivity index (χ0v) is 12.3. The van der Waals surface area contributed by atoms with Crippen LogP contribution in [0.4, 0.5) is 10.9 Å². The fraction of sp³-hybridized carbons (Fsp3) is 0.286. The zero-order chi connectivity index (χ0) is 14.8. The number of benzene rings is 1. The number of nitrogen functional groups attached to an aromatic ring is 1. The van der Waals surface area contributed by atoms with Crippen LogP contribution in [0.1, 0.15) is 22.2 Å². The first-order chi connectivity index (χ1) is 10.2. The molecule has 3 N–H and O–H groups in total. The van der Waals surface area contributed by atoms with Crippen LogP contribution in [0, 0.1) is 0 Å². The number of rotatable bonds is 4. The number of anilines is 2. The van der Waals surface area contributed by atoms with E-state index in [2.05, 4.69) is 10.3 Å². The number of nitrogens with two attached hydrogens (primary N) is 1. The lowest BCUT2D eigenvalue weighted by Crippen LogP contribution is -2.15. The molecule has 2 aromatic rings. The molecule has 3 rings (SSSR count). The lowest BCUT2D eigenvalue weighted by atomic mass is 10.1. The number of hydrogen-bond donors (Lipinski definition) is 2. The molecule has 1 aromatic heterocycles. The summed E-state index contributed by atoms with van der Waals surface area (Å²) in [4.78, 5) is 17.1. The SMILES string of the molecule is CCNc1nc(N)c(C(=O)c2ccc3c(c2)OCCO3)s1. The highest BCUT2D eigenvalue weighted by atomic mass is 32.1. The molecule has 1 aromatic carbocycles. The molecule has 0 fully saturated rings. The number of aromatic nitrogens is 1. The quantitative estimate of drug-likeness (QED) is 0.842. The minimum Gasteiger partial charge on any atom is -0.486 e. The summed E-state index contributed by atoms with van der Waals surface area (Å²) in [5.74, 6) is 1.33. The van der Waals surface area contributed by atoms with Gasteiger partial charge in [0.05, 0.1) is 0 Å². The van der Waals surface area contributed by atoms with Crippen LogP contribution in [0.2, 0.25) is 0 Å². The van der Waals surface area contributed by atoms with Gasteiger partial charge in [-0.15, -0.1) is 0 Å². The molecule has 0 atom stereocenters. The molecule has 0 saturated heterocycles. The minimum atomic E-state index is -0.161. The van der Waals surface area contributed by atoms with Crippen LogP contribution in [0.5, 0.6) is 11.5 Å². The molecule has 6 nitrogen and oxygen atoms in total. The van der Waals surface area contributed by atoms with Crippen molar-refractivity contribution in [3.05, 3.63) is 28.6 Å². The van der Waals surface area contributed by atoms with E-state index in [1.807, 2.05) is 6.92 Å². The van der Waals surface area contributed by atoms with Gasteiger partial charge < -0.3 is 20.5 Å². The highest BCUT2D eigenvalue weighted by Gasteiger charge is 2.20. The zero-order valence-electron chi connectivity index (χ0n) is 11.5. The number of ether oxygens (including phenoxy) is 2. The number of fused-ring (bicyclic) bond motifs is 1. The summed E-state index contributed by atoms with van der Waals surface area (Å²) < 4.78 is 10.9. The number of ketones is 1. The maximum atomic E-state index is 12.5. The van der Waals surface area contributed by atoms with E-state index in [-0.39, 0.29) is 11.6 Å². The first-order valence-corrected chi connectivity index (χ1v) is 7.45. The van der Waals surface area contributed by atoms with Crippen molar-refractivity contribution in [1.29, 1.82) is 0 Å². The molecule has 1 aliphatic rings. The summed E-state index contributed by atoms with van der Waals surface area (Å²) in [5.41, 5.74) is 6.34. The molecule has 0 bridgehead atoms. The lowest BCUT2D eigenvalue weighted by Gasteiger charge is -2.18. The summed E-state index contributed by atoms with van der Waals surface area (Å²) in [5, 5.41) is 3.70. The fourth-order valence-corrected chi connectivity index (χ4v) is 2.95. The Morgan fingerprint density at radius 2 is 2.14 bits per heavy atom. The summed E-state index contributed by atoms with van der Waals surface area (Å²) >= 11 is 1.26. The van der Waals surface area contributed by atoms with Crippen LogP contribution >= 0.6 is 11.3 Å². The molecule has 21 heavy (non-hydrogen) atoms. The van der Waals surface area contributed by atoms with E-state index in [4.69, 9.17) is 15.2 Å². The van der Waals surface area contributed by atoms with E-state index in [1.54, 1.807) is 18.2 Å². The normalized spacial score (nSPS) is 13.0. The average Bonchev–Trinajstić information content (AvgIpc) is 2.87. The summed E-state index contributed by atoms with van der Waals surface area (Å²) in [6.07, 6.45) is 0. The van der Waals surface area contributed by atoms with Gasteiger partial charge in [-0.25, -0.2) is 4.98 Å². The molecule has 0 unspecified atom stereocenters. The minimum absolute atomic E-state index is 0.161. The monoisotopic (exact) mass is 305 g/mol. The molecule has 0 spiro atoms. The number of nitrogens with zero attached hydrogens (tertiary/aromatic N) is 1. The Morgan fingerprint density at radius 3 is 2.90 bits per heavy atom. The van der Waals surface area contributed by atoms with E-state index in [9.17, 15) is 4.79 Å². The smallest absolute Gasteiger partial charge is 0.206 e. The largest absolute Gasteiger partial charge is 0.486 e. The molecule has 0 amide bonds. The van der Waals surface area contributed by atoms with Crippen LogP contribution in [-0.2, 0) is 0 Å². The molecule has 7 heteroatoms. The molecule has 0 saturated carbocycles. The van der Waals surface area contributed by atoms with Crippen molar-refractivity contribution in [1.82, 2.24) is 4.98 Å². The van der Waals surface area contributed by atoms with Crippen LogP contribution in [0.25, 0.3) is 0 Å². The first-order valence-electron chi connectivity index (χ1n) is 6.63. The maximum absolute atomic E-state index is 12.5. The van der Waals surface area contributed by atoms with Crippen molar-refractivity contribution in [2.24, 2.45) is 0 Å². The van der Waals surface area contributed by atoms with Crippen molar-refractivity contribution in [2.45, 2.75) is 6.92 Å². The lowest BCUT2D eigenvalue weighted by molar-refractivity contribution is 0.104. The molecule has 1 aliphatic heterocycles. The highest BCUT2D eigenvalue weighted by molar-refractivity contribution is 7.18. The Kier molecular flexibility index (Phi) is 3.66. The Hall–Kier alpha value is -2.28. The predicted octanol–water partition coefficient (Wildman–Crippen LogP) is 2.16. The van der Waals surface area contributed by atoms with Crippen molar-refractivity contribution in [3.63, 3.8) is 0 Å². The van der Waals surface area contributed by atoms with Gasteiger partial charge in [0.1, 0.15) is 23.9 Å². The second-order valence-corrected chi connectivity index (χ2v) is 5.45. The number of carbonyl (C=O) groups excluding carboxylic acids is 1. The Labute approximate surface area is 125 Å². The standard InChI is InChI=1S/C14H15N3O3S/c1-2-16-14-17-13(15)12(21-14)11(18)8-3-4-9-10(7-8)20-6-5-19-9/h3-4,7H,2,5-6,15H2,1H3,(H,16,17). The van der Waals surface area contributed by atoms with Crippen LogP contribution in [0.3, 0.4) is 0 Å². The van der Waals surface area contributed by atoms with Crippen LogP contribution in [0.15, 0.2) is 18.2 Å². The number of hydrogen-bond acceptors (Lipinski definition) is 7. The third-order valence-electron chi connectivity index (χ3n) is 2.99. The third kappa shape index (κ3) is 2.64. The van der Waals surface area contributed by atoms with Gasteiger partial charge in [0.15, 0.2) is 16.6 Å². The van der Waals surface area contributed by atoms with Crippen LogP contribution in [-0.4, -0.2) is 30.5 Å². The van der Waals surface area contributed by atoms with Gasteiger partial charge in [-0.1, -0.05) is 11.3 Å². The molecule has 110 valence electrons. The third-order valence-corrected chi connectivity index (χ3v) is 4.02. The van der Waals surface area contributed by atoms with Gasteiger partial charge in [-0.3, -0.25) is 4.79 Å². The van der Waals surface area contributed by atoms with Crippen LogP contribution < -0.4 is 20.5 Å². The summed E-state index contributed by atoms with van der Waals surface area (Å²) in [6.45, 7) is 3.69. The van der Waals surface area contributed by atoms with Gasteiger partial charge in [-0.05, 0) is 25.1 Å². The van der Waals surface area contributed by atoms with E-state index < -0.39 is 0 Å². The average molecular weight is 305 g/mol. The molecular weight excluding hydrogens is 290 g/mol. The number of nitrogens with one attached hydrogen (secondary N) is 1. The van der Waals surface area contributed by atoms with E-state index in [0.717, 1.165) is 6.54 Å². The van der Waals surface area contributed by atoms with Gasteiger partial charge in [0.2, 0.25) is 5.78 Å². The topological polar surface area (TPSA) is 86.5 Å².